The van der Waals surface area contributed by atoms with Gasteiger partial charge in [0.05, 0.1) is 6.10 Å². The topological polar surface area (TPSA) is 72.2 Å². The van der Waals surface area contributed by atoms with Crippen molar-refractivity contribution in [3.63, 3.8) is 0 Å². The van der Waals surface area contributed by atoms with Crippen LogP contribution in [0.2, 0.25) is 10.0 Å². The Morgan fingerprint density at radius 3 is 2.63 bits per heavy atom. The third-order valence-electron chi connectivity index (χ3n) is 5.20. The third kappa shape index (κ3) is 5.65. The second-order valence-electron chi connectivity index (χ2n) is 7.55. The van der Waals surface area contributed by atoms with Crippen molar-refractivity contribution in [1.29, 1.82) is 0 Å². The van der Waals surface area contributed by atoms with Gasteiger partial charge in [-0.2, -0.15) is 4.98 Å². The maximum absolute atomic E-state index is 9.66. The Morgan fingerprint density at radius 1 is 1.10 bits per heavy atom. The fourth-order valence-electron chi connectivity index (χ4n) is 3.67. The fraction of sp³-hybridized carbons (Fsp3) is 0.364. The smallest absolute Gasteiger partial charge is 0.215 e. The zero-order chi connectivity index (χ0) is 20.9. The number of ether oxygens (including phenoxy) is 1. The molecule has 0 bridgehead atoms. The Labute approximate surface area is 185 Å². The van der Waals surface area contributed by atoms with E-state index in [0.29, 0.717) is 35.1 Å². The standard InChI is InChI=1S/C22H24Cl2N4O2/c23-16-10-15(11-17(24)12-16)13-28-9-8-25-21(28)14-30-22-3-1-2-20(27-22)26-18-4-6-19(29)7-5-18/h1-3,8-12,18-19,29H,4-7,13-14H2,(H,26,27)/t18-,19-. The lowest BCUT2D eigenvalue weighted by atomic mass is 9.93. The van der Waals surface area contributed by atoms with Gasteiger partial charge in [-0.1, -0.05) is 29.3 Å². The molecule has 0 aliphatic heterocycles. The fourth-order valence-corrected chi connectivity index (χ4v) is 4.24. The summed E-state index contributed by atoms with van der Waals surface area (Å²) in [7, 11) is 0. The molecule has 0 amide bonds. The normalized spacial score (nSPS) is 18.9. The van der Waals surface area contributed by atoms with E-state index in [2.05, 4.69) is 15.3 Å². The Bertz CT molecular complexity index is 967. The minimum atomic E-state index is -0.169. The van der Waals surface area contributed by atoms with Crippen molar-refractivity contribution >= 4 is 29.0 Å². The molecule has 1 aromatic carbocycles. The zero-order valence-corrected chi connectivity index (χ0v) is 18.0. The summed E-state index contributed by atoms with van der Waals surface area (Å²) in [5.74, 6) is 2.11. The van der Waals surface area contributed by atoms with Gasteiger partial charge in [-0.05, 0) is 55.5 Å². The number of nitrogens with zero attached hydrogens (tertiary/aromatic N) is 3. The number of hydrogen-bond donors (Lipinski definition) is 2. The van der Waals surface area contributed by atoms with E-state index < -0.39 is 0 Å². The predicted molar refractivity (Wildman–Crippen MR) is 118 cm³/mol. The van der Waals surface area contributed by atoms with Crippen molar-refractivity contribution in [1.82, 2.24) is 14.5 Å². The molecule has 0 saturated heterocycles. The molecule has 2 aromatic heterocycles. The van der Waals surface area contributed by atoms with Gasteiger partial charge in [0.1, 0.15) is 18.2 Å². The molecule has 2 N–H and O–H groups in total. The van der Waals surface area contributed by atoms with Crippen molar-refractivity contribution < 1.29 is 9.84 Å². The lowest BCUT2D eigenvalue weighted by Crippen LogP contribution is -2.28. The second-order valence-corrected chi connectivity index (χ2v) is 8.42. The highest BCUT2D eigenvalue weighted by Crippen LogP contribution is 2.23. The van der Waals surface area contributed by atoms with Gasteiger partial charge in [0.25, 0.3) is 0 Å². The Balaban J connectivity index is 1.37. The van der Waals surface area contributed by atoms with Crippen molar-refractivity contribution in [3.05, 3.63) is 70.2 Å². The summed E-state index contributed by atoms with van der Waals surface area (Å²) < 4.78 is 7.89. The molecule has 1 aliphatic rings. The number of anilines is 1. The molecular weight excluding hydrogens is 423 g/mol. The van der Waals surface area contributed by atoms with Crippen LogP contribution in [0, 0.1) is 0 Å². The number of imidazole rings is 1. The Morgan fingerprint density at radius 2 is 1.87 bits per heavy atom. The number of hydrogen-bond acceptors (Lipinski definition) is 5. The summed E-state index contributed by atoms with van der Waals surface area (Å²) in [5.41, 5.74) is 0.994. The molecule has 0 radical (unpaired) electrons. The summed E-state index contributed by atoms with van der Waals surface area (Å²) in [6.07, 6.45) is 7.02. The van der Waals surface area contributed by atoms with Gasteiger partial charge < -0.3 is 19.7 Å². The molecule has 1 aliphatic carbocycles. The van der Waals surface area contributed by atoms with E-state index in [9.17, 15) is 5.11 Å². The van der Waals surface area contributed by atoms with Gasteiger partial charge in [-0.3, -0.25) is 0 Å². The van der Waals surface area contributed by atoms with E-state index in [-0.39, 0.29) is 6.10 Å². The second kappa shape index (κ2) is 9.69. The quantitative estimate of drug-likeness (QED) is 0.538. The Kier molecular flexibility index (Phi) is 6.77. The lowest BCUT2D eigenvalue weighted by Gasteiger charge is -2.26. The van der Waals surface area contributed by atoms with Crippen LogP contribution >= 0.6 is 23.2 Å². The largest absolute Gasteiger partial charge is 0.469 e. The van der Waals surface area contributed by atoms with E-state index in [4.69, 9.17) is 27.9 Å². The third-order valence-corrected chi connectivity index (χ3v) is 5.63. The van der Waals surface area contributed by atoms with Gasteiger partial charge >= 0.3 is 0 Å². The zero-order valence-electron chi connectivity index (χ0n) is 16.5. The highest BCUT2D eigenvalue weighted by molar-refractivity contribution is 6.34. The number of nitrogens with one attached hydrogen (secondary N) is 1. The molecule has 1 fully saturated rings. The van der Waals surface area contributed by atoms with Crippen molar-refractivity contribution in [3.8, 4) is 5.88 Å². The lowest BCUT2D eigenvalue weighted by molar-refractivity contribution is 0.126. The van der Waals surface area contributed by atoms with Crippen molar-refractivity contribution in [2.45, 2.75) is 51.0 Å². The molecule has 4 rings (SSSR count). The maximum atomic E-state index is 9.66. The number of aliphatic hydroxyl groups excluding tert-OH is 1. The van der Waals surface area contributed by atoms with E-state index in [1.807, 2.05) is 41.1 Å². The summed E-state index contributed by atoms with van der Waals surface area (Å²) in [6, 6.07) is 11.5. The molecular formula is C22H24Cl2N4O2. The van der Waals surface area contributed by atoms with Gasteiger partial charge in [0.2, 0.25) is 5.88 Å². The molecule has 30 heavy (non-hydrogen) atoms. The number of aromatic nitrogens is 3. The number of halogens is 2. The molecule has 1 saturated carbocycles. The first kappa shape index (κ1) is 21.0. The highest BCUT2D eigenvalue weighted by Gasteiger charge is 2.19. The van der Waals surface area contributed by atoms with Crippen LogP contribution < -0.4 is 10.1 Å². The molecule has 0 atom stereocenters. The highest BCUT2D eigenvalue weighted by atomic mass is 35.5. The molecule has 0 unspecified atom stereocenters. The maximum Gasteiger partial charge on any atom is 0.215 e. The van der Waals surface area contributed by atoms with Crippen molar-refractivity contribution in [2.24, 2.45) is 0 Å². The molecule has 6 nitrogen and oxygen atoms in total. The average Bonchev–Trinajstić information content (AvgIpc) is 3.15. The van der Waals surface area contributed by atoms with Crippen LogP contribution in [0.1, 0.15) is 37.1 Å². The first-order valence-electron chi connectivity index (χ1n) is 10.0. The summed E-state index contributed by atoms with van der Waals surface area (Å²) >= 11 is 12.2. The molecule has 158 valence electrons. The minimum absolute atomic E-state index is 0.169. The van der Waals surface area contributed by atoms with E-state index >= 15 is 0 Å². The number of pyridine rings is 1. The van der Waals surface area contributed by atoms with Gasteiger partial charge in [0, 0.05) is 41.1 Å². The number of benzene rings is 1. The van der Waals surface area contributed by atoms with Gasteiger partial charge in [-0.25, -0.2) is 4.98 Å². The summed E-state index contributed by atoms with van der Waals surface area (Å²) in [6.45, 7) is 0.898. The summed E-state index contributed by atoms with van der Waals surface area (Å²) in [5, 5.41) is 14.3. The van der Waals surface area contributed by atoms with Crippen LogP contribution in [0.4, 0.5) is 5.82 Å². The molecule has 8 heteroatoms. The monoisotopic (exact) mass is 446 g/mol. The summed E-state index contributed by atoms with van der Waals surface area (Å²) in [4.78, 5) is 8.95. The first-order valence-corrected chi connectivity index (χ1v) is 10.8. The SMILES string of the molecule is O[C@H]1CC[C@H](Nc2cccc(OCc3nccn3Cc3cc(Cl)cc(Cl)c3)n2)CC1. The van der Waals surface area contributed by atoms with Crippen LogP contribution in [0.3, 0.4) is 0 Å². The van der Waals surface area contributed by atoms with E-state index in [0.717, 1.165) is 42.9 Å². The predicted octanol–water partition coefficient (Wildman–Crippen LogP) is 4.93. The first-order chi connectivity index (χ1) is 14.5. The van der Waals surface area contributed by atoms with Crippen LogP contribution in [0.5, 0.6) is 5.88 Å². The number of rotatable bonds is 7. The van der Waals surface area contributed by atoms with E-state index in [1.54, 1.807) is 12.3 Å². The van der Waals surface area contributed by atoms with Crippen LogP contribution in [0.15, 0.2) is 48.8 Å². The molecule has 0 spiro atoms. The van der Waals surface area contributed by atoms with Crippen molar-refractivity contribution in [2.75, 3.05) is 5.32 Å². The van der Waals surface area contributed by atoms with Crippen LogP contribution in [-0.4, -0.2) is 31.8 Å². The van der Waals surface area contributed by atoms with Gasteiger partial charge in [-0.15, -0.1) is 0 Å². The minimum Gasteiger partial charge on any atom is -0.469 e. The average molecular weight is 447 g/mol. The Hall–Kier alpha value is -2.28. The molecule has 2 heterocycles. The molecule has 3 aromatic rings. The van der Waals surface area contributed by atoms with Crippen LogP contribution in [0.25, 0.3) is 0 Å². The number of aliphatic hydroxyl groups is 1. The van der Waals surface area contributed by atoms with Gasteiger partial charge in [0.15, 0.2) is 0 Å². The van der Waals surface area contributed by atoms with E-state index in [1.165, 1.54) is 0 Å². The van der Waals surface area contributed by atoms with Crippen LogP contribution in [-0.2, 0) is 13.2 Å².